The Hall–Kier alpha value is -0.870. The van der Waals surface area contributed by atoms with Crippen molar-refractivity contribution in [3.8, 4) is 0 Å². The molecule has 2 atom stereocenters. The van der Waals surface area contributed by atoms with Gasteiger partial charge in [0.05, 0.1) is 12.6 Å². The summed E-state index contributed by atoms with van der Waals surface area (Å²) in [6.07, 6.45) is 0.930. The van der Waals surface area contributed by atoms with Crippen LogP contribution in [-0.4, -0.2) is 23.9 Å². The fourth-order valence-electron chi connectivity index (χ4n) is 1.47. The van der Waals surface area contributed by atoms with Crippen LogP contribution < -0.4 is 5.73 Å². The molecule has 0 saturated heterocycles. The number of thiophene rings is 1. The zero-order valence-corrected chi connectivity index (χ0v) is 11.0. The maximum atomic E-state index is 12.0. The predicted molar refractivity (Wildman–Crippen MR) is 68.2 cm³/mol. The van der Waals surface area contributed by atoms with Crippen LogP contribution in [0.4, 0.5) is 0 Å². The van der Waals surface area contributed by atoms with Gasteiger partial charge in [-0.1, -0.05) is 26.3 Å². The quantitative estimate of drug-likeness (QED) is 0.856. The fourth-order valence-corrected chi connectivity index (χ4v) is 2.22. The molecule has 3 nitrogen and oxygen atoms in total. The number of carbonyl (C=O) groups is 1. The van der Waals surface area contributed by atoms with Crippen molar-refractivity contribution in [1.82, 2.24) is 4.90 Å². The van der Waals surface area contributed by atoms with E-state index in [0.717, 1.165) is 6.42 Å². The Bertz CT molecular complexity index is 324. The standard InChI is InChI=1S/C12H20N2OS/c1-4-9(2)11(13)12(15)14(3)8-10-6-5-7-16-10/h5-7,9,11H,4,8,13H2,1-3H3/t9?,11-/m0/s1. The summed E-state index contributed by atoms with van der Waals surface area (Å²) in [5, 5.41) is 2.02. The van der Waals surface area contributed by atoms with Crippen LogP contribution in [0, 0.1) is 5.92 Å². The molecule has 0 radical (unpaired) electrons. The van der Waals surface area contributed by atoms with Gasteiger partial charge in [-0.15, -0.1) is 11.3 Å². The van der Waals surface area contributed by atoms with E-state index in [1.54, 1.807) is 16.2 Å². The lowest BCUT2D eigenvalue weighted by Gasteiger charge is -2.24. The van der Waals surface area contributed by atoms with Crippen LogP contribution in [0.15, 0.2) is 17.5 Å². The molecule has 0 aromatic carbocycles. The highest BCUT2D eigenvalue weighted by Gasteiger charge is 2.22. The van der Waals surface area contributed by atoms with Crippen molar-refractivity contribution in [2.45, 2.75) is 32.9 Å². The molecule has 90 valence electrons. The first-order valence-corrected chi connectivity index (χ1v) is 6.47. The lowest BCUT2D eigenvalue weighted by atomic mass is 9.99. The molecule has 1 heterocycles. The van der Waals surface area contributed by atoms with Crippen molar-refractivity contribution in [1.29, 1.82) is 0 Å². The molecule has 0 saturated carbocycles. The summed E-state index contributed by atoms with van der Waals surface area (Å²) < 4.78 is 0. The number of carbonyl (C=O) groups excluding carboxylic acids is 1. The lowest BCUT2D eigenvalue weighted by Crippen LogP contribution is -2.45. The molecule has 0 bridgehead atoms. The molecule has 4 heteroatoms. The van der Waals surface area contributed by atoms with Crippen molar-refractivity contribution in [3.05, 3.63) is 22.4 Å². The maximum absolute atomic E-state index is 12.0. The summed E-state index contributed by atoms with van der Waals surface area (Å²) in [5.74, 6) is 0.265. The molecule has 16 heavy (non-hydrogen) atoms. The Labute approximate surface area is 101 Å². The highest BCUT2D eigenvalue weighted by atomic mass is 32.1. The molecule has 0 aliphatic heterocycles. The predicted octanol–water partition coefficient (Wildman–Crippen LogP) is 2.08. The summed E-state index contributed by atoms with van der Waals surface area (Å²) in [6.45, 7) is 4.72. The Kier molecular flexibility index (Phi) is 4.96. The van der Waals surface area contributed by atoms with Crippen LogP contribution >= 0.6 is 11.3 Å². The van der Waals surface area contributed by atoms with E-state index in [9.17, 15) is 4.79 Å². The van der Waals surface area contributed by atoms with Gasteiger partial charge in [-0.2, -0.15) is 0 Å². The van der Waals surface area contributed by atoms with Crippen molar-refractivity contribution >= 4 is 17.2 Å². The highest BCUT2D eigenvalue weighted by molar-refractivity contribution is 7.09. The van der Waals surface area contributed by atoms with E-state index in [4.69, 9.17) is 5.73 Å². The molecule has 0 aliphatic carbocycles. The third kappa shape index (κ3) is 3.32. The van der Waals surface area contributed by atoms with E-state index in [1.165, 1.54) is 4.88 Å². The second-order valence-corrected chi connectivity index (χ2v) is 5.22. The minimum absolute atomic E-state index is 0.0303. The second-order valence-electron chi connectivity index (χ2n) is 4.18. The van der Waals surface area contributed by atoms with E-state index in [0.29, 0.717) is 6.54 Å². The molecule has 1 rings (SSSR count). The average molecular weight is 240 g/mol. The van der Waals surface area contributed by atoms with Crippen LogP contribution in [0.25, 0.3) is 0 Å². The largest absolute Gasteiger partial charge is 0.339 e. The number of nitrogens with two attached hydrogens (primary N) is 1. The Balaban J connectivity index is 2.53. The first kappa shape index (κ1) is 13.2. The Morgan fingerprint density at radius 2 is 2.31 bits per heavy atom. The van der Waals surface area contributed by atoms with Gasteiger partial charge in [0, 0.05) is 11.9 Å². The normalized spacial score (nSPS) is 14.5. The van der Waals surface area contributed by atoms with Crippen LogP contribution in [0.1, 0.15) is 25.1 Å². The average Bonchev–Trinajstić information content (AvgIpc) is 2.78. The second kappa shape index (κ2) is 6.01. The van der Waals surface area contributed by atoms with Crippen LogP contribution in [0.5, 0.6) is 0 Å². The third-order valence-corrected chi connectivity index (χ3v) is 3.75. The van der Waals surface area contributed by atoms with Gasteiger partial charge in [0.25, 0.3) is 0 Å². The van der Waals surface area contributed by atoms with Gasteiger partial charge in [-0.3, -0.25) is 4.79 Å². The third-order valence-electron chi connectivity index (χ3n) is 2.89. The number of hydrogen-bond acceptors (Lipinski definition) is 3. The number of rotatable bonds is 5. The number of likely N-dealkylation sites (N-methyl/N-ethyl adjacent to an activating group) is 1. The van der Waals surface area contributed by atoms with Gasteiger partial charge >= 0.3 is 0 Å². The van der Waals surface area contributed by atoms with Gasteiger partial charge in [0.15, 0.2) is 0 Å². The molecule has 1 unspecified atom stereocenters. The lowest BCUT2D eigenvalue weighted by molar-refractivity contribution is -0.132. The van der Waals surface area contributed by atoms with E-state index in [2.05, 4.69) is 6.92 Å². The summed E-state index contributed by atoms with van der Waals surface area (Å²) in [5.41, 5.74) is 5.91. The van der Waals surface area contributed by atoms with E-state index in [1.807, 2.05) is 31.5 Å². The molecule has 0 spiro atoms. The van der Waals surface area contributed by atoms with Gasteiger partial charge < -0.3 is 10.6 Å². The smallest absolute Gasteiger partial charge is 0.239 e. The molecular formula is C12H20N2OS. The summed E-state index contributed by atoms with van der Waals surface area (Å²) in [7, 11) is 1.81. The van der Waals surface area contributed by atoms with Crippen LogP contribution in [0.2, 0.25) is 0 Å². The molecule has 0 fully saturated rings. The molecule has 2 N–H and O–H groups in total. The number of nitrogens with zero attached hydrogens (tertiary/aromatic N) is 1. The first-order chi connectivity index (χ1) is 7.56. The van der Waals surface area contributed by atoms with Crippen LogP contribution in [0.3, 0.4) is 0 Å². The van der Waals surface area contributed by atoms with Gasteiger partial charge in [-0.05, 0) is 17.4 Å². The van der Waals surface area contributed by atoms with Crippen LogP contribution in [-0.2, 0) is 11.3 Å². The Morgan fingerprint density at radius 3 is 2.81 bits per heavy atom. The van der Waals surface area contributed by atoms with Gasteiger partial charge in [-0.25, -0.2) is 0 Å². The van der Waals surface area contributed by atoms with Gasteiger partial charge in [0.2, 0.25) is 5.91 Å². The van der Waals surface area contributed by atoms with Crippen molar-refractivity contribution < 1.29 is 4.79 Å². The molecule has 0 aliphatic rings. The highest BCUT2D eigenvalue weighted by Crippen LogP contribution is 2.13. The minimum Gasteiger partial charge on any atom is -0.339 e. The van der Waals surface area contributed by atoms with Gasteiger partial charge in [0.1, 0.15) is 0 Å². The monoisotopic (exact) mass is 240 g/mol. The van der Waals surface area contributed by atoms with Crippen molar-refractivity contribution in [3.63, 3.8) is 0 Å². The number of hydrogen-bond donors (Lipinski definition) is 1. The van der Waals surface area contributed by atoms with E-state index in [-0.39, 0.29) is 17.9 Å². The topological polar surface area (TPSA) is 46.3 Å². The zero-order valence-electron chi connectivity index (χ0n) is 10.1. The molecule has 1 amide bonds. The summed E-state index contributed by atoms with van der Waals surface area (Å²) in [4.78, 5) is 14.9. The summed E-state index contributed by atoms with van der Waals surface area (Å²) >= 11 is 1.66. The molecule has 1 aromatic rings. The van der Waals surface area contributed by atoms with Crippen molar-refractivity contribution in [2.24, 2.45) is 11.7 Å². The molecular weight excluding hydrogens is 220 g/mol. The Morgan fingerprint density at radius 1 is 1.62 bits per heavy atom. The minimum atomic E-state index is -0.380. The van der Waals surface area contributed by atoms with Crippen molar-refractivity contribution in [2.75, 3.05) is 7.05 Å². The molecule has 1 aromatic heterocycles. The summed E-state index contributed by atoms with van der Waals surface area (Å²) in [6, 6.07) is 3.64. The number of amides is 1. The zero-order chi connectivity index (χ0) is 12.1. The maximum Gasteiger partial charge on any atom is 0.239 e. The van der Waals surface area contributed by atoms with E-state index < -0.39 is 0 Å². The first-order valence-electron chi connectivity index (χ1n) is 5.59. The van der Waals surface area contributed by atoms with E-state index >= 15 is 0 Å². The SMILES string of the molecule is CCC(C)[C@H](N)C(=O)N(C)Cc1cccs1. The fraction of sp³-hybridized carbons (Fsp3) is 0.583.